The number of hydrogen-bond acceptors (Lipinski definition) is 8. The van der Waals surface area contributed by atoms with Crippen LogP contribution in [-0.2, 0) is 13.9 Å². The number of imidazole rings is 1. The first kappa shape index (κ1) is 25.4. The fourth-order valence-electron chi connectivity index (χ4n) is 4.16. The van der Waals surface area contributed by atoms with E-state index in [9.17, 15) is 24.2 Å². The maximum absolute atomic E-state index is 12.0. The molecule has 192 valence electrons. The minimum absolute atomic E-state index is 0.0954. The van der Waals surface area contributed by atoms with Crippen LogP contribution in [0.25, 0.3) is 27.9 Å². The molecule has 3 aromatic heterocycles. The van der Waals surface area contributed by atoms with Gasteiger partial charge < -0.3 is 29.6 Å². The highest BCUT2D eigenvalue weighted by molar-refractivity contribution is 7.71. The lowest BCUT2D eigenvalue weighted by molar-refractivity contribution is -0.0331. The topological polar surface area (TPSA) is 205 Å². The Morgan fingerprint density at radius 2 is 1.83 bits per heavy atom. The number of rotatable bonds is 7. The van der Waals surface area contributed by atoms with Crippen molar-refractivity contribution in [1.82, 2.24) is 29.2 Å². The molecule has 6 N–H and O–H groups in total. The van der Waals surface area contributed by atoms with E-state index in [1.807, 2.05) is 30.3 Å². The van der Waals surface area contributed by atoms with Gasteiger partial charge in [-0.25, -0.2) is 10.1 Å². The standard InChI is InChI=1S/C19H21ClN6O8P2/c20-19-23-16(25-6-5-10-3-1-2-4-11(10)25)13-17(24-19)26(8-21-13)18-15(28)14(27)12(34-18)7-22-35(29,30)9-36(31,32)33/h1-6,8,12,14-15,18,27-28H,7,9H2,(H2,22,29,30)(H2,31,32,33)/t12-,14?,15?,18-/m1/s1. The zero-order chi connectivity index (χ0) is 25.8. The molecule has 5 rings (SSSR count). The van der Waals surface area contributed by atoms with Gasteiger partial charge >= 0.3 is 7.60 Å². The second-order valence-electron chi connectivity index (χ2n) is 8.30. The molecular weight excluding hydrogens is 538 g/mol. The van der Waals surface area contributed by atoms with Crippen LogP contribution in [-0.4, -0.2) is 79.7 Å². The Hall–Kier alpha value is -2.22. The number of hydrogen-bond donors (Lipinski definition) is 6. The first-order valence-corrected chi connectivity index (χ1v) is 14.6. The fraction of sp³-hybridized carbons (Fsp3) is 0.316. The number of fused-ring (bicyclic) bond motifs is 2. The zero-order valence-corrected chi connectivity index (χ0v) is 20.8. The Bertz CT molecular complexity index is 1540. The second-order valence-corrected chi connectivity index (χ2v) is 12.8. The lowest BCUT2D eigenvalue weighted by Crippen LogP contribution is -2.37. The Balaban J connectivity index is 1.45. The van der Waals surface area contributed by atoms with E-state index in [-0.39, 0.29) is 10.9 Å². The smallest absolute Gasteiger partial charge is 0.336 e. The molecule has 0 amide bonds. The van der Waals surface area contributed by atoms with Gasteiger partial charge in [0.15, 0.2) is 23.2 Å². The van der Waals surface area contributed by atoms with Crippen molar-refractivity contribution in [2.45, 2.75) is 24.5 Å². The molecule has 1 aromatic carbocycles. The van der Waals surface area contributed by atoms with Crippen molar-refractivity contribution < 1.29 is 38.8 Å². The predicted molar refractivity (Wildman–Crippen MR) is 128 cm³/mol. The summed E-state index contributed by atoms with van der Waals surface area (Å²) in [5, 5.41) is 24.1. The molecule has 1 fully saturated rings. The van der Waals surface area contributed by atoms with Crippen LogP contribution in [0.5, 0.6) is 0 Å². The number of aliphatic hydroxyl groups is 2. The minimum atomic E-state index is -4.77. The number of aliphatic hydroxyl groups excluding tert-OH is 2. The van der Waals surface area contributed by atoms with Crippen LogP contribution in [0, 0.1) is 0 Å². The lowest BCUT2D eigenvalue weighted by Gasteiger charge is -2.19. The van der Waals surface area contributed by atoms with Gasteiger partial charge in [-0.2, -0.15) is 9.97 Å². The molecule has 4 heterocycles. The van der Waals surface area contributed by atoms with Crippen molar-refractivity contribution in [2.24, 2.45) is 0 Å². The Kier molecular flexibility index (Phi) is 6.54. The lowest BCUT2D eigenvalue weighted by atomic mass is 10.1. The molecule has 3 unspecified atom stereocenters. The minimum Gasteiger partial charge on any atom is -0.387 e. The Morgan fingerprint density at radius 1 is 1.08 bits per heavy atom. The summed E-state index contributed by atoms with van der Waals surface area (Å²) in [5.74, 6) is -0.900. The van der Waals surface area contributed by atoms with Crippen molar-refractivity contribution in [3.63, 3.8) is 0 Å². The Labute approximate surface area is 207 Å². The van der Waals surface area contributed by atoms with Crippen molar-refractivity contribution in [3.8, 4) is 5.82 Å². The van der Waals surface area contributed by atoms with Gasteiger partial charge in [-0.05, 0) is 29.1 Å². The third-order valence-corrected chi connectivity index (χ3v) is 9.58. The summed E-state index contributed by atoms with van der Waals surface area (Å²) in [6.07, 6.45) is -2.23. The summed E-state index contributed by atoms with van der Waals surface area (Å²) in [6.45, 7) is -0.467. The number of nitrogens with one attached hydrogen (secondary N) is 1. The third-order valence-electron chi connectivity index (χ3n) is 5.73. The number of para-hydroxylation sites is 1. The van der Waals surface area contributed by atoms with Gasteiger partial charge in [0.05, 0.1) is 11.8 Å². The van der Waals surface area contributed by atoms with Gasteiger partial charge in [-0.3, -0.25) is 18.3 Å². The van der Waals surface area contributed by atoms with Gasteiger partial charge in [0, 0.05) is 12.7 Å². The summed E-state index contributed by atoms with van der Waals surface area (Å²) in [4.78, 5) is 40.6. The molecule has 1 saturated heterocycles. The SMILES string of the molecule is O=P(O)(O)CP(=O)(O)NC[C@H]1O[C@@H](n2cnc3c(-n4ccc5ccccc54)nc(Cl)nc32)C(O)C1O. The first-order valence-electron chi connectivity index (χ1n) is 10.5. The van der Waals surface area contributed by atoms with Crippen LogP contribution >= 0.6 is 26.7 Å². The monoisotopic (exact) mass is 558 g/mol. The molecule has 17 heteroatoms. The van der Waals surface area contributed by atoms with Crippen LogP contribution in [0.4, 0.5) is 0 Å². The van der Waals surface area contributed by atoms with Crippen molar-refractivity contribution in [1.29, 1.82) is 0 Å². The number of ether oxygens (including phenoxy) is 1. The maximum atomic E-state index is 12.0. The molecule has 14 nitrogen and oxygen atoms in total. The highest BCUT2D eigenvalue weighted by Crippen LogP contribution is 2.52. The normalized spacial score (nSPS) is 24.5. The molecule has 0 saturated carbocycles. The molecule has 1 aliphatic rings. The third kappa shape index (κ3) is 4.85. The number of halogens is 1. The predicted octanol–water partition coefficient (Wildman–Crippen LogP) is 0.953. The second kappa shape index (κ2) is 9.26. The van der Waals surface area contributed by atoms with Crippen LogP contribution in [0.1, 0.15) is 6.23 Å². The Morgan fingerprint density at radius 3 is 2.58 bits per heavy atom. The summed E-state index contributed by atoms with van der Waals surface area (Å²) in [7, 11) is -9.21. The first-order chi connectivity index (χ1) is 16.9. The average molecular weight is 559 g/mol. The van der Waals surface area contributed by atoms with E-state index >= 15 is 0 Å². The number of aromatic nitrogens is 5. The quantitative estimate of drug-likeness (QED) is 0.138. The van der Waals surface area contributed by atoms with Crippen molar-refractivity contribution in [2.75, 3.05) is 12.4 Å². The molecule has 0 radical (unpaired) electrons. The number of benzene rings is 1. The van der Waals surface area contributed by atoms with E-state index in [0.717, 1.165) is 10.9 Å². The van der Waals surface area contributed by atoms with E-state index in [4.69, 9.17) is 26.1 Å². The summed E-state index contributed by atoms with van der Waals surface area (Å²) >= 11 is 6.21. The molecule has 4 aromatic rings. The highest BCUT2D eigenvalue weighted by atomic mass is 35.5. The summed E-state index contributed by atoms with van der Waals surface area (Å²) < 4.78 is 32.0. The fourth-order valence-corrected chi connectivity index (χ4v) is 7.18. The molecule has 36 heavy (non-hydrogen) atoms. The maximum Gasteiger partial charge on any atom is 0.336 e. The van der Waals surface area contributed by atoms with Gasteiger partial charge in [0.2, 0.25) is 5.28 Å². The molecule has 1 aliphatic heterocycles. The van der Waals surface area contributed by atoms with E-state index < -0.39 is 52.1 Å². The van der Waals surface area contributed by atoms with Gasteiger partial charge in [0.25, 0.3) is 7.52 Å². The van der Waals surface area contributed by atoms with E-state index in [2.05, 4.69) is 20.0 Å². The van der Waals surface area contributed by atoms with Crippen LogP contribution in [0.2, 0.25) is 5.28 Å². The average Bonchev–Trinajstić information content (AvgIpc) is 3.47. The van der Waals surface area contributed by atoms with Gasteiger partial charge in [0.1, 0.15) is 24.2 Å². The molecule has 0 spiro atoms. The zero-order valence-electron chi connectivity index (χ0n) is 18.2. The molecule has 0 bridgehead atoms. The highest BCUT2D eigenvalue weighted by Gasteiger charge is 2.45. The summed E-state index contributed by atoms with van der Waals surface area (Å²) in [6, 6.07) is 9.52. The van der Waals surface area contributed by atoms with Crippen molar-refractivity contribution >= 4 is 48.8 Å². The van der Waals surface area contributed by atoms with Gasteiger partial charge in [-0.1, -0.05) is 18.2 Å². The summed E-state index contributed by atoms with van der Waals surface area (Å²) in [5.41, 5.74) is 1.40. The van der Waals surface area contributed by atoms with E-state index in [0.29, 0.717) is 11.3 Å². The largest absolute Gasteiger partial charge is 0.387 e. The molecule has 5 atom stereocenters. The van der Waals surface area contributed by atoms with Crippen molar-refractivity contribution in [3.05, 3.63) is 48.1 Å². The van der Waals surface area contributed by atoms with E-state index in [1.165, 1.54) is 10.9 Å². The van der Waals surface area contributed by atoms with Gasteiger partial charge in [-0.15, -0.1) is 0 Å². The van der Waals surface area contributed by atoms with Crippen LogP contribution in [0.3, 0.4) is 0 Å². The number of nitrogens with zero attached hydrogens (tertiary/aromatic N) is 5. The van der Waals surface area contributed by atoms with Crippen LogP contribution in [0.15, 0.2) is 42.9 Å². The molecule has 0 aliphatic carbocycles. The van der Waals surface area contributed by atoms with E-state index in [1.54, 1.807) is 10.8 Å². The van der Waals surface area contributed by atoms with Crippen LogP contribution < -0.4 is 5.09 Å². The molecular formula is C19H21ClN6O8P2.